The minimum Gasteiger partial charge on any atom is -0.457 e. The van der Waals surface area contributed by atoms with E-state index in [0.717, 1.165) is 0 Å². The van der Waals surface area contributed by atoms with Gasteiger partial charge in [0.05, 0.1) is 0 Å². The predicted octanol–water partition coefficient (Wildman–Crippen LogP) is 4.16. The third-order valence-electron chi connectivity index (χ3n) is 2.58. The molecule has 0 spiro atoms. The van der Waals surface area contributed by atoms with Crippen molar-refractivity contribution in [1.29, 1.82) is 0 Å². The molecular weight excluding hydrogens is 248 g/mol. The molecule has 0 saturated carbocycles. The molecule has 0 atom stereocenters. The van der Waals surface area contributed by atoms with Gasteiger partial charge in [-0.25, -0.2) is 8.78 Å². The zero-order chi connectivity index (χ0) is 13.7. The van der Waals surface area contributed by atoms with Gasteiger partial charge in [-0.1, -0.05) is 18.2 Å². The predicted molar refractivity (Wildman–Crippen MR) is 71.4 cm³/mol. The van der Waals surface area contributed by atoms with Crippen LogP contribution < -0.4 is 4.74 Å². The average molecular weight is 261 g/mol. The van der Waals surface area contributed by atoms with Gasteiger partial charge in [0.25, 0.3) is 6.43 Å². The minimum absolute atomic E-state index is 0.216. The van der Waals surface area contributed by atoms with E-state index < -0.39 is 6.43 Å². The molecule has 4 heteroatoms. The fourth-order valence-corrected chi connectivity index (χ4v) is 1.67. The van der Waals surface area contributed by atoms with Crippen LogP contribution in [-0.4, -0.2) is 19.2 Å². The van der Waals surface area contributed by atoms with Crippen LogP contribution in [0.4, 0.5) is 8.78 Å². The van der Waals surface area contributed by atoms with Crippen molar-refractivity contribution in [3.05, 3.63) is 60.2 Å². The van der Waals surface area contributed by atoms with Crippen LogP contribution in [0.3, 0.4) is 0 Å². The van der Waals surface area contributed by atoms with E-state index in [1.165, 1.54) is 7.05 Å². The minimum atomic E-state index is -2.58. The van der Waals surface area contributed by atoms with E-state index in [1.54, 1.807) is 24.3 Å². The summed E-state index contributed by atoms with van der Waals surface area (Å²) in [6.07, 6.45) is -2.58. The number of hydrogen-bond donors (Lipinski definition) is 0. The summed E-state index contributed by atoms with van der Waals surface area (Å²) in [7, 11) is 1.36. The number of para-hydroxylation sites is 1. The van der Waals surface area contributed by atoms with Crippen molar-refractivity contribution in [2.45, 2.75) is 6.43 Å². The maximum atomic E-state index is 12.7. The van der Waals surface area contributed by atoms with Gasteiger partial charge in [-0.15, -0.1) is 0 Å². The molecule has 98 valence electrons. The molecule has 0 unspecified atom stereocenters. The highest BCUT2D eigenvalue weighted by atomic mass is 19.3. The number of rotatable bonds is 4. The second kappa shape index (κ2) is 6.09. The second-order valence-corrected chi connectivity index (χ2v) is 3.85. The van der Waals surface area contributed by atoms with E-state index in [4.69, 9.17) is 4.74 Å². The molecule has 0 radical (unpaired) electrons. The van der Waals surface area contributed by atoms with Crippen molar-refractivity contribution in [3.63, 3.8) is 0 Å². The Kier molecular flexibility index (Phi) is 4.23. The van der Waals surface area contributed by atoms with Crippen LogP contribution in [-0.2, 0) is 0 Å². The van der Waals surface area contributed by atoms with Crippen LogP contribution in [0.2, 0.25) is 0 Å². The van der Waals surface area contributed by atoms with Crippen LogP contribution in [0.1, 0.15) is 5.56 Å². The van der Waals surface area contributed by atoms with E-state index in [0.29, 0.717) is 17.1 Å². The highest BCUT2D eigenvalue weighted by Crippen LogP contribution is 2.22. The Morgan fingerprint density at radius 2 is 1.53 bits per heavy atom. The van der Waals surface area contributed by atoms with Gasteiger partial charge >= 0.3 is 0 Å². The Hall–Kier alpha value is -2.23. The number of hydrogen-bond acceptors (Lipinski definition) is 2. The fraction of sp³-hybridized carbons (Fsp3) is 0.133. The van der Waals surface area contributed by atoms with Crippen LogP contribution in [0, 0.1) is 0 Å². The molecule has 0 bridgehead atoms. The third-order valence-corrected chi connectivity index (χ3v) is 2.58. The van der Waals surface area contributed by atoms with Crippen molar-refractivity contribution in [3.8, 4) is 11.5 Å². The Bertz CT molecular complexity index is 550. The SMILES string of the molecule is C/N=C(\c1ccc(Oc2ccccc2)cc1)C(F)F. The summed E-state index contributed by atoms with van der Waals surface area (Å²) in [5, 5.41) is 0. The molecule has 0 aliphatic rings. The Labute approximate surface area is 110 Å². The van der Waals surface area contributed by atoms with Gasteiger partial charge in [0.15, 0.2) is 0 Å². The quantitative estimate of drug-likeness (QED) is 0.757. The van der Waals surface area contributed by atoms with Crippen LogP contribution in [0.25, 0.3) is 0 Å². The number of benzene rings is 2. The molecule has 0 saturated heterocycles. The summed E-state index contributed by atoms with van der Waals surface area (Å²) in [5.74, 6) is 1.30. The Balaban J connectivity index is 2.15. The second-order valence-electron chi connectivity index (χ2n) is 3.85. The van der Waals surface area contributed by atoms with Crippen molar-refractivity contribution in [2.24, 2.45) is 4.99 Å². The van der Waals surface area contributed by atoms with E-state index in [-0.39, 0.29) is 5.71 Å². The van der Waals surface area contributed by atoms with Crippen LogP contribution in [0.15, 0.2) is 59.6 Å². The van der Waals surface area contributed by atoms with Crippen molar-refractivity contribution < 1.29 is 13.5 Å². The zero-order valence-corrected chi connectivity index (χ0v) is 10.4. The van der Waals surface area contributed by atoms with E-state index in [2.05, 4.69) is 4.99 Å². The lowest BCUT2D eigenvalue weighted by Gasteiger charge is -2.08. The largest absolute Gasteiger partial charge is 0.457 e. The highest BCUT2D eigenvalue weighted by Gasteiger charge is 2.14. The molecule has 2 aromatic rings. The summed E-state index contributed by atoms with van der Waals surface area (Å²) in [4.78, 5) is 3.60. The zero-order valence-electron chi connectivity index (χ0n) is 10.4. The number of ether oxygens (including phenoxy) is 1. The number of aliphatic imine (C=N–C) groups is 1. The third kappa shape index (κ3) is 3.37. The molecule has 0 aliphatic heterocycles. The molecule has 19 heavy (non-hydrogen) atoms. The maximum absolute atomic E-state index is 12.7. The van der Waals surface area contributed by atoms with Gasteiger partial charge < -0.3 is 4.74 Å². The number of halogens is 2. The summed E-state index contributed by atoms with van der Waals surface area (Å²) in [6, 6.07) is 15.7. The lowest BCUT2D eigenvalue weighted by Crippen LogP contribution is -2.11. The lowest BCUT2D eigenvalue weighted by atomic mass is 10.1. The van der Waals surface area contributed by atoms with Crippen molar-refractivity contribution >= 4 is 5.71 Å². The molecule has 0 heterocycles. The normalized spacial score (nSPS) is 11.7. The maximum Gasteiger partial charge on any atom is 0.280 e. The molecule has 0 N–H and O–H groups in total. The smallest absolute Gasteiger partial charge is 0.280 e. The van der Waals surface area contributed by atoms with Gasteiger partial charge in [-0.3, -0.25) is 4.99 Å². The number of nitrogens with zero attached hydrogens (tertiary/aromatic N) is 1. The first kappa shape index (κ1) is 13.2. The van der Waals surface area contributed by atoms with Crippen LogP contribution >= 0.6 is 0 Å². The Morgan fingerprint density at radius 3 is 2.05 bits per heavy atom. The van der Waals surface area contributed by atoms with E-state index in [1.807, 2.05) is 30.3 Å². The fourth-order valence-electron chi connectivity index (χ4n) is 1.67. The summed E-state index contributed by atoms with van der Waals surface area (Å²) < 4.78 is 30.9. The molecule has 2 nitrogen and oxygen atoms in total. The molecule has 0 amide bonds. The lowest BCUT2D eigenvalue weighted by molar-refractivity contribution is 0.226. The molecule has 2 aromatic carbocycles. The molecular formula is C15H13F2NO. The standard InChI is InChI=1S/C15H13F2NO/c1-18-14(15(16)17)11-7-9-13(10-8-11)19-12-5-3-2-4-6-12/h2-10,15H,1H3/b18-14+. The van der Waals surface area contributed by atoms with Gasteiger partial charge in [-0.2, -0.15) is 0 Å². The first-order valence-corrected chi connectivity index (χ1v) is 5.79. The Morgan fingerprint density at radius 1 is 0.947 bits per heavy atom. The first-order chi connectivity index (χ1) is 9.20. The van der Waals surface area contributed by atoms with Crippen molar-refractivity contribution in [2.75, 3.05) is 7.05 Å². The monoisotopic (exact) mass is 261 g/mol. The van der Waals surface area contributed by atoms with Gasteiger partial charge in [0, 0.05) is 12.6 Å². The highest BCUT2D eigenvalue weighted by molar-refractivity contribution is 6.02. The molecule has 0 aromatic heterocycles. The summed E-state index contributed by atoms with van der Waals surface area (Å²) in [5.41, 5.74) is 0.184. The van der Waals surface area contributed by atoms with Gasteiger partial charge in [0.1, 0.15) is 17.2 Å². The first-order valence-electron chi connectivity index (χ1n) is 5.79. The van der Waals surface area contributed by atoms with Crippen LogP contribution in [0.5, 0.6) is 11.5 Å². The topological polar surface area (TPSA) is 21.6 Å². The van der Waals surface area contributed by atoms with Gasteiger partial charge in [0.2, 0.25) is 0 Å². The molecule has 2 rings (SSSR count). The van der Waals surface area contributed by atoms with Gasteiger partial charge in [-0.05, 0) is 36.4 Å². The summed E-state index contributed by atoms with van der Waals surface area (Å²) in [6.45, 7) is 0. The van der Waals surface area contributed by atoms with E-state index in [9.17, 15) is 8.78 Å². The van der Waals surface area contributed by atoms with E-state index >= 15 is 0 Å². The molecule has 0 fully saturated rings. The molecule has 0 aliphatic carbocycles. The average Bonchev–Trinajstić information content (AvgIpc) is 2.42. The number of alkyl halides is 2. The van der Waals surface area contributed by atoms with Crippen molar-refractivity contribution in [1.82, 2.24) is 0 Å². The summed E-state index contributed by atoms with van der Waals surface area (Å²) >= 11 is 0.